The van der Waals surface area contributed by atoms with Gasteiger partial charge in [-0.2, -0.15) is 0 Å². The normalized spacial score (nSPS) is 18.0. The van der Waals surface area contributed by atoms with Crippen LogP contribution < -0.4 is 5.73 Å². The zero-order valence-corrected chi connectivity index (χ0v) is 6.08. The Hall–Kier alpha value is -0.801. The minimum absolute atomic E-state index is 0.204. The maximum absolute atomic E-state index is 10.3. The van der Waals surface area contributed by atoms with E-state index >= 15 is 0 Å². The van der Waals surface area contributed by atoms with E-state index in [1.54, 1.807) is 0 Å². The Morgan fingerprint density at radius 3 is 2.78 bits per heavy atom. The van der Waals surface area contributed by atoms with E-state index in [9.17, 15) is 4.79 Å². The molecule has 0 unspecified atom stereocenters. The zero-order chi connectivity index (χ0) is 6.85. The molecule has 0 aliphatic carbocycles. The van der Waals surface area contributed by atoms with Crippen molar-refractivity contribution in [1.82, 2.24) is 0 Å². The molecule has 1 aliphatic rings. The predicted octanol–water partition coefficient (Wildman–Crippen LogP) is -1.11. The predicted molar refractivity (Wildman–Crippen MR) is 36.3 cm³/mol. The van der Waals surface area contributed by atoms with E-state index in [4.69, 9.17) is 5.73 Å². The molecule has 1 rings (SSSR count). The number of hydrogen-bond donors (Lipinski definition) is 1. The van der Waals surface area contributed by atoms with Gasteiger partial charge < -0.3 is 0 Å². The Kier molecular flexibility index (Phi) is 1.55. The summed E-state index contributed by atoms with van der Waals surface area (Å²) in [6, 6.07) is -0.550. The van der Waals surface area contributed by atoms with Crippen LogP contribution in [0.25, 0.3) is 0 Å². The molecular weight excluding hydrogens is 185 g/mol. The van der Waals surface area contributed by atoms with Crippen LogP contribution in [0.4, 0.5) is 4.79 Å². The molecule has 1 heterocycles. The summed E-state index contributed by atoms with van der Waals surface area (Å²) in [5.74, 6) is 0.204. The number of nitrogens with zero attached hydrogens (tertiary/aromatic N) is 2. The third-order valence-corrected chi connectivity index (χ3v) is 1.42. The molecule has 0 spiro atoms. The fraction of sp³-hybridized carbons (Fsp3) is 0. The minimum atomic E-state index is -0.550. The van der Waals surface area contributed by atoms with Crippen molar-refractivity contribution in [2.24, 2.45) is 15.7 Å². The Morgan fingerprint density at radius 2 is 2.33 bits per heavy atom. The molecule has 2 N–H and O–H groups in total. The van der Waals surface area contributed by atoms with Crippen molar-refractivity contribution in [2.45, 2.75) is 0 Å². The first-order valence-corrected chi connectivity index (χ1v) is 3.02. The molecule has 0 saturated heterocycles. The summed E-state index contributed by atoms with van der Waals surface area (Å²) >= 11 is 2.61. The van der Waals surface area contributed by atoms with Crippen molar-refractivity contribution < 1.29 is 4.79 Å². The third-order valence-electron chi connectivity index (χ3n) is 0.761. The van der Waals surface area contributed by atoms with E-state index in [1.807, 2.05) is 0 Å². The molecule has 0 radical (unpaired) electrons. The Morgan fingerprint density at radius 1 is 1.67 bits per heavy atom. The second-order valence-corrected chi connectivity index (χ2v) is 2.32. The van der Waals surface area contributed by atoms with Crippen LogP contribution in [0, 0.1) is 0 Å². The molecule has 1 aliphatic heterocycles. The first-order chi connectivity index (χ1) is 4.20. The molecule has 46 valence electrons. The summed E-state index contributed by atoms with van der Waals surface area (Å²) in [5.41, 5.74) is 5.24. The molecule has 2 amide bonds. The number of carbonyl (C=O) groups is 1. The third kappa shape index (κ3) is 1.31. The fourth-order valence-corrected chi connectivity index (χ4v) is 0.573. The SMILES string of the molecule is NC1=NC(=O)N=CC1=[Se]. The number of urea groups is 1. The number of carbonyl (C=O) groups excluding carboxylic acids is 1. The van der Waals surface area contributed by atoms with E-state index in [2.05, 4.69) is 25.6 Å². The topological polar surface area (TPSA) is 67.8 Å². The molecule has 4 nitrogen and oxygen atoms in total. The molecule has 0 atom stereocenters. The molecule has 0 bridgehead atoms. The molecule has 0 fully saturated rings. The number of amides is 2. The van der Waals surface area contributed by atoms with Gasteiger partial charge in [0.05, 0.1) is 0 Å². The van der Waals surface area contributed by atoms with Crippen molar-refractivity contribution in [3.05, 3.63) is 0 Å². The monoisotopic (exact) mass is 189 g/mol. The van der Waals surface area contributed by atoms with Gasteiger partial charge in [-0.1, -0.05) is 0 Å². The molecule has 0 aromatic rings. The van der Waals surface area contributed by atoms with Crippen LogP contribution in [-0.4, -0.2) is 38.1 Å². The van der Waals surface area contributed by atoms with Gasteiger partial charge in [0.25, 0.3) is 0 Å². The standard InChI is InChI=1S/C4H3N3OSe/c5-3-2(9)1-6-4(8)7-3/h1H,(H2,5,7,8). The maximum atomic E-state index is 10.3. The molecule has 5 heteroatoms. The Balaban J connectivity index is 2.95. The van der Waals surface area contributed by atoms with Gasteiger partial charge in [0.2, 0.25) is 0 Å². The van der Waals surface area contributed by atoms with Gasteiger partial charge in [0.15, 0.2) is 0 Å². The van der Waals surface area contributed by atoms with Gasteiger partial charge in [0.1, 0.15) is 0 Å². The van der Waals surface area contributed by atoms with E-state index in [0.29, 0.717) is 4.42 Å². The Bertz CT molecular complexity index is 230. The molecular formula is C4H3N3OSe. The van der Waals surface area contributed by atoms with Crippen LogP contribution in [0.15, 0.2) is 9.98 Å². The molecule has 0 aromatic carbocycles. The van der Waals surface area contributed by atoms with Gasteiger partial charge >= 0.3 is 58.6 Å². The number of hydrogen-bond acceptors (Lipinski definition) is 2. The summed E-state index contributed by atoms with van der Waals surface area (Å²) < 4.78 is 0.606. The van der Waals surface area contributed by atoms with E-state index in [1.165, 1.54) is 6.21 Å². The average molecular weight is 188 g/mol. The molecule has 9 heavy (non-hydrogen) atoms. The second-order valence-electron chi connectivity index (χ2n) is 1.40. The quantitative estimate of drug-likeness (QED) is 0.489. The number of aliphatic imine (C=N–C) groups is 2. The Labute approximate surface area is 59.2 Å². The van der Waals surface area contributed by atoms with E-state index in [0.717, 1.165) is 0 Å². The number of amidine groups is 1. The molecule has 0 saturated carbocycles. The molecule has 0 aromatic heterocycles. The van der Waals surface area contributed by atoms with Gasteiger partial charge in [-0.15, -0.1) is 0 Å². The van der Waals surface area contributed by atoms with Gasteiger partial charge in [-0.3, -0.25) is 0 Å². The summed E-state index contributed by atoms with van der Waals surface area (Å²) in [6.45, 7) is 0. The summed E-state index contributed by atoms with van der Waals surface area (Å²) in [6.07, 6.45) is 1.35. The zero-order valence-electron chi connectivity index (χ0n) is 4.37. The summed E-state index contributed by atoms with van der Waals surface area (Å²) in [4.78, 5) is 17.0. The number of rotatable bonds is 0. The van der Waals surface area contributed by atoms with E-state index < -0.39 is 6.03 Å². The van der Waals surface area contributed by atoms with Crippen molar-refractivity contribution in [3.63, 3.8) is 0 Å². The summed E-state index contributed by atoms with van der Waals surface area (Å²) in [5, 5.41) is 0. The second kappa shape index (κ2) is 2.21. The van der Waals surface area contributed by atoms with E-state index in [-0.39, 0.29) is 5.84 Å². The van der Waals surface area contributed by atoms with Crippen LogP contribution >= 0.6 is 0 Å². The van der Waals surface area contributed by atoms with Gasteiger partial charge in [-0.05, 0) is 0 Å². The van der Waals surface area contributed by atoms with Gasteiger partial charge in [0, 0.05) is 0 Å². The average Bonchev–Trinajstić information content (AvgIpc) is 1.80. The first-order valence-electron chi connectivity index (χ1n) is 2.16. The number of nitrogens with two attached hydrogens (primary N) is 1. The van der Waals surface area contributed by atoms with Gasteiger partial charge in [-0.25, -0.2) is 0 Å². The van der Waals surface area contributed by atoms with Crippen LogP contribution in [-0.2, 0) is 0 Å². The van der Waals surface area contributed by atoms with Crippen LogP contribution in [0.1, 0.15) is 0 Å². The van der Waals surface area contributed by atoms with Crippen molar-refractivity contribution in [2.75, 3.05) is 0 Å². The fourth-order valence-electron chi connectivity index (χ4n) is 0.367. The van der Waals surface area contributed by atoms with Crippen molar-refractivity contribution in [3.8, 4) is 0 Å². The van der Waals surface area contributed by atoms with Crippen LogP contribution in [0.3, 0.4) is 0 Å². The summed E-state index contributed by atoms with van der Waals surface area (Å²) in [7, 11) is 0. The first kappa shape index (κ1) is 6.32. The van der Waals surface area contributed by atoms with Crippen molar-refractivity contribution >= 4 is 38.1 Å². The van der Waals surface area contributed by atoms with Crippen LogP contribution in [0.5, 0.6) is 0 Å². The van der Waals surface area contributed by atoms with Crippen molar-refractivity contribution in [1.29, 1.82) is 0 Å². The van der Waals surface area contributed by atoms with Crippen LogP contribution in [0.2, 0.25) is 0 Å².